The lowest BCUT2D eigenvalue weighted by Gasteiger charge is -2.40. The van der Waals surface area contributed by atoms with Gasteiger partial charge in [0.05, 0.1) is 35.8 Å². The number of aliphatic hydroxyl groups is 1. The average Bonchev–Trinajstić information content (AvgIpc) is 3.46. The van der Waals surface area contributed by atoms with Crippen LogP contribution in [0.2, 0.25) is 0 Å². The Morgan fingerprint density at radius 3 is 2.69 bits per heavy atom. The molecule has 3 saturated heterocycles. The third kappa shape index (κ3) is 4.41. The highest BCUT2D eigenvalue weighted by Gasteiger charge is 2.76. The van der Waals surface area contributed by atoms with Gasteiger partial charge in [-0.2, -0.15) is 0 Å². The number of unbranched alkanes of at least 4 members (excludes halogenated alkanes) is 1. The van der Waals surface area contributed by atoms with Crippen molar-refractivity contribution in [2.45, 2.75) is 60.0 Å². The molecule has 2 amide bonds. The van der Waals surface area contributed by atoms with Gasteiger partial charge in [-0.05, 0) is 25.3 Å². The van der Waals surface area contributed by atoms with E-state index in [9.17, 15) is 19.5 Å². The third-order valence-corrected chi connectivity index (χ3v) is 10.9. The number of nitrogens with zero attached hydrogens (tertiary/aromatic N) is 2. The van der Waals surface area contributed by atoms with Crippen LogP contribution in [0.15, 0.2) is 43.0 Å². The number of benzene rings is 1. The van der Waals surface area contributed by atoms with Crippen molar-refractivity contribution in [3.05, 3.63) is 48.6 Å². The van der Waals surface area contributed by atoms with Crippen molar-refractivity contribution < 1.29 is 24.2 Å². The summed E-state index contributed by atoms with van der Waals surface area (Å²) in [7, 11) is 0. The van der Waals surface area contributed by atoms with Gasteiger partial charge in [0.1, 0.15) is 6.04 Å². The van der Waals surface area contributed by atoms with Crippen LogP contribution in [0.3, 0.4) is 0 Å². The van der Waals surface area contributed by atoms with Gasteiger partial charge in [0, 0.05) is 23.2 Å². The zero-order valence-electron chi connectivity index (χ0n) is 20.8. The first-order valence-electron chi connectivity index (χ1n) is 12.7. The Balaban J connectivity index is 1.84. The molecule has 1 N–H and O–H groups in total. The van der Waals surface area contributed by atoms with Crippen LogP contribution < -0.4 is 0 Å². The van der Waals surface area contributed by atoms with Crippen LogP contribution in [0.4, 0.5) is 0 Å². The minimum atomic E-state index is -0.807. The number of hydrogen-bond acceptors (Lipinski definition) is 6. The van der Waals surface area contributed by atoms with Crippen molar-refractivity contribution in [3.63, 3.8) is 0 Å². The lowest BCUT2D eigenvalue weighted by atomic mass is 9.71. The fraction of sp³-hybridized carbons (Fsp3) is 0.593. The number of aliphatic hydroxyl groups excluding tert-OH is 1. The Bertz CT molecular complexity index is 994. The van der Waals surface area contributed by atoms with Crippen LogP contribution in [0.5, 0.6) is 0 Å². The molecule has 3 heterocycles. The second-order valence-electron chi connectivity index (χ2n) is 9.70. The van der Waals surface area contributed by atoms with E-state index in [2.05, 4.69) is 29.4 Å². The molecule has 0 aliphatic carbocycles. The van der Waals surface area contributed by atoms with Crippen LogP contribution >= 0.6 is 27.7 Å². The first-order chi connectivity index (χ1) is 17.4. The van der Waals surface area contributed by atoms with Gasteiger partial charge in [-0.3, -0.25) is 14.4 Å². The second kappa shape index (κ2) is 11.3. The van der Waals surface area contributed by atoms with E-state index >= 15 is 0 Å². The SMILES string of the molecule is C=CCN(CCCC)C(=O)C1N([C@H](CO)c2ccccc2)C(=O)[C@@H]2[C@@H](C(=O)OCC)[C@@H]3SC12CC3Br. The number of esters is 1. The minimum absolute atomic E-state index is 0.0241. The third-order valence-electron chi connectivity index (χ3n) is 7.66. The van der Waals surface area contributed by atoms with E-state index in [0.29, 0.717) is 19.5 Å². The normalized spacial score (nSPS) is 31.3. The molecule has 3 aliphatic rings. The molecule has 36 heavy (non-hydrogen) atoms. The Morgan fingerprint density at radius 1 is 1.36 bits per heavy atom. The highest BCUT2D eigenvalue weighted by molar-refractivity contribution is 9.09. The molecule has 1 aromatic rings. The molecule has 9 heteroatoms. The van der Waals surface area contributed by atoms with Crippen molar-refractivity contribution in [1.29, 1.82) is 0 Å². The van der Waals surface area contributed by atoms with Gasteiger partial charge in [-0.1, -0.05) is 65.7 Å². The van der Waals surface area contributed by atoms with Gasteiger partial charge in [-0.15, -0.1) is 18.3 Å². The number of thioether (sulfide) groups is 1. The van der Waals surface area contributed by atoms with E-state index in [1.807, 2.05) is 30.3 Å². The fourth-order valence-corrected chi connectivity index (χ4v) is 9.77. The number of carbonyl (C=O) groups excluding carboxylic acids is 3. The maximum atomic E-state index is 14.3. The van der Waals surface area contributed by atoms with Crippen molar-refractivity contribution in [1.82, 2.24) is 9.80 Å². The maximum Gasteiger partial charge on any atom is 0.310 e. The number of amides is 2. The van der Waals surface area contributed by atoms with Crippen LogP contribution in [-0.2, 0) is 19.1 Å². The van der Waals surface area contributed by atoms with Crippen molar-refractivity contribution in [2.24, 2.45) is 11.8 Å². The zero-order chi connectivity index (χ0) is 26.0. The Hall–Kier alpha value is -1.84. The van der Waals surface area contributed by atoms with Crippen LogP contribution in [0.25, 0.3) is 0 Å². The number of rotatable bonds is 11. The van der Waals surface area contributed by atoms with E-state index in [0.717, 1.165) is 18.4 Å². The summed E-state index contributed by atoms with van der Waals surface area (Å²) in [6.45, 7) is 8.51. The lowest BCUT2D eigenvalue weighted by molar-refractivity contribution is -0.154. The summed E-state index contributed by atoms with van der Waals surface area (Å²) in [6, 6.07) is 7.81. The van der Waals surface area contributed by atoms with E-state index < -0.39 is 28.7 Å². The molecule has 3 aliphatic heterocycles. The molecule has 2 bridgehead atoms. The summed E-state index contributed by atoms with van der Waals surface area (Å²) in [5.41, 5.74) is 0.758. The smallest absolute Gasteiger partial charge is 0.310 e. The Morgan fingerprint density at radius 2 is 2.08 bits per heavy atom. The summed E-state index contributed by atoms with van der Waals surface area (Å²) < 4.78 is 4.64. The molecule has 0 radical (unpaired) electrons. The largest absolute Gasteiger partial charge is 0.466 e. The molecular formula is C27H35BrN2O5S. The predicted molar refractivity (Wildman–Crippen MR) is 144 cm³/mol. The van der Waals surface area contributed by atoms with Crippen LogP contribution in [-0.4, -0.2) is 79.9 Å². The minimum Gasteiger partial charge on any atom is -0.466 e. The number of likely N-dealkylation sites (tertiary alicyclic amines) is 1. The molecule has 4 rings (SSSR count). The van der Waals surface area contributed by atoms with Crippen LogP contribution in [0, 0.1) is 11.8 Å². The van der Waals surface area contributed by atoms with Gasteiger partial charge < -0.3 is 19.6 Å². The van der Waals surface area contributed by atoms with Crippen LogP contribution in [0.1, 0.15) is 44.7 Å². The summed E-state index contributed by atoms with van der Waals surface area (Å²) in [4.78, 5) is 45.1. The quantitative estimate of drug-likeness (QED) is 0.245. The predicted octanol–water partition coefficient (Wildman–Crippen LogP) is 3.56. The molecule has 3 unspecified atom stereocenters. The van der Waals surface area contributed by atoms with E-state index in [4.69, 9.17) is 4.74 Å². The number of fused-ring (bicyclic) bond motifs is 1. The monoisotopic (exact) mass is 578 g/mol. The number of alkyl halides is 1. The molecule has 1 aromatic carbocycles. The van der Waals surface area contributed by atoms with Crippen molar-refractivity contribution >= 4 is 45.5 Å². The van der Waals surface area contributed by atoms with E-state index in [1.54, 1.807) is 34.6 Å². The lowest BCUT2D eigenvalue weighted by Crippen LogP contribution is -2.56. The Labute approximate surface area is 225 Å². The van der Waals surface area contributed by atoms with Gasteiger partial charge >= 0.3 is 5.97 Å². The van der Waals surface area contributed by atoms with Crippen molar-refractivity contribution in [2.75, 3.05) is 26.3 Å². The molecule has 3 fully saturated rings. The van der Waals surface area contributed by atoms with Gasteiger partial charge in [0.15, 0.2) is 0 Å². The number of ether oxygens (including phenoxy) is 1. The molecule has 7 nitrogen and oxygen atoms in total. The summed E-state index contributed by atoms with van der Waals surface area (Å²) in [6.07, 6.45) is 4.06. The first kappa shape index (κ1) is 27.2. The topological polar surface area (TPSA) is 87.2 Å². The highest BCUT2D eigenvalue weighted by atomic mass is 79.9. The summed E-state index contributed by atoms with van der Waals surface area (Å²) >= 11 is 5.34. The number of hydrogen-bond donors (Lipinski definition) is 1. The van der Waals surface area contributed by atoms with E-state index in [1.165, 1.54) is 0 Å². The standard InChI is InChI=1S/C27H35BrN2O5S/c1-4-7-14-29(13-5-2)25(33)23-27-15-18(28)22(36-27)20(26(34)35-6-3)21(27)24(32)30(23)19(16-31)17-11-9-8-10-12-17/h5,8-12,18-23,31H,2,4,6-7,13-16H2,1,3H3/t18?,19-,20-,21+,22-,23?,27?/m1/s1. The van der Waals surface area contributed by atoms with Gasteiger partial charge in [0.25, 0.3) is 0 Å². The second-order valence-corrected chi connectivity index (χ2v) is 12.4. The highest BCUT2D eigenvalue weighted by Crippen LogP contribution is 2.68. The molecule has 196 valence electrons. The number of carbonyl (C=O) groups is 3. The summed E-state index contributed by atoms with van der Waals surface area (Å²) in [5.74, 6) is -2.10. The van der Waals surface area contributed by atoms with E-state index in [-0.39, 0.29) is 41.1 Å². The van der Waals surface area contributed by atoms with Crippen molar-refractivity contribution in [3.8, 4) is 0 Å². The van der Waals surface area contributed by atoms with Gasteiger partial charge in [-0.25, -0.2) is 0 Å². The molecule has 1 spiro atoms. The molecule has 0 aromatic heterocycles. The molecule has 7 atom stereocenters. The first-order valence-corrected chi connectivity index (χ1v) is 14.5. The molecular weight excluding hydrogens is 544 g/mol. The zero-order valence-corrected chi connectivity index (χ0v) is 23.2. The van der Waals surface area contributed by atoms with Gasteiger partial charge in [0.2, 0.25) is 11.8 Å². The summed E-state index contributed by atoms with van der Waals surface area (Å²) in [5, 5.41) is 10.4. The fourth-order valence-electron chi connectivity index (χ4n) is 6.19. The average molecular weight is 580 g/mol. The maximum absolute atomic E-state index is 14.3. The number of halogens is 1. The molecule has 0 saturated carbocycles. The Kier molecular flexibility index (Phi) is 8.52.